The number of non-ortho nitro benzene ring substituents is 1. The monoisotopic (exact) mass is 397 g/mol. The van der Waals surface area contributed by atoms with Crippen molar-refractivity contribution in [1.82, 2.24) is 4.98 Å². The Balaban J connectivity index is 1.70. The average Bonchev–Trinajstić information content (AvgIpc) is 3.11. The van der Waals surface area contributed by atoms with Crippen molar-refractivity contribution in [2.45, 2.75) is 6.92 Å². The van der Waals surface area contributed by atoms with Gasteiger partial charge in [0.2, 0.25) is 0 Å². The van der Waals surface area contributed by atoms with E-state index in [4.69, 9.17) is 4.74 Å². The predicted molar refractivity (Wildman–Crippen MR) is 105 cm³/mol. The predicted octanol–water partition coefficient (Wildman–Crippen LogP) is 3.94. The van der Waals surface area contributed by atoms with Gasteiger partial charge in [0.1, 0.15) is 5.75 Å². The first kappa shape index (κ1) is 19.2. The first-order valence-corrected chi connectivity index (χ1v) is 9.00. The van der Waals surface area contributed by atoms with Gasteiger partial charge in [-0.2, -0.15) is 0 Å². The molecule has 0 radical (unpaired) electrons. The summed E-state index contributed by atoms with van der Waals surface area (Å²) in [4.78, 5) is 39.1. The quantitative estimate of drug-likeness (QED) is 0.367. The minimum atomic E-state index is -0.545. The highest BCUT2D eigenvalue weighted by Gasteiger charge is 2.18. The Kier molecular flexibility index (Phi) is 5.75. The number of aromatic nitrogens is 1. The van der Waals surface area contributed by atoms with E-state index in [1.165, 1.54) is 31.2 Å². The third-order valence-corrected chi connectivity index (χ3v) is 4.71. The fraction of sp³-hybridized carbons (Fsp3) is 0.105. The lowest BCUT2D eigenvalue weighted by molar-refractivity contribution is -0.384. The van der Waals surface area contributed by atoms with Gasteiger partial charge in [0.25, 0.3) is 11.6 Å². The number of ketones is 1. The third kappa shape index (κ3) is 4.57. The number of nitrogens with zero attached hydrogens (tertiary/aromatic N) is 2. The number of hydrogen-bond acceptors (Lipinski definition) is 7. The third-order valence-electron chi connectivity index (χ3n) is 3.64. The molecular formula is C19H15N3O5S. The number of anilines is 1. The van der Waals surface area contributed by atoms with E-state index in [0.717, 1.165) is 16.9 Å². The number of nitro benzene ring substituents is 1. The Morgan fingerprint density at radius 1 is 1.18 bits per heavy atom. The number of carbonyl (C=O) groups excluding carboxylic acids is 2. The zero-order valence-corrected chi connectivity index (χ0v) is 15.6. The Morgan fingerprint density at radius 3 is 2.61 bits per heavy atom. The van der Waals surface area contributed by atoms with Crippen molar-refractivity contribution in [2.24, 2.45) is 0 Å². The van der Waals surface area contributed by atoms with Crippen molar-refractivity contribution >= 4 is 33.8 Å². The van der Waals surface area contributed by atoms with Crippen LogP contribution in [-0.4, -0.2) is 28.2 Å². The van der Waals surface area contributed by atoms with Gasteiger partial charge in [-0.05, 0) is 6.07 Å². The van der Waals surface area contributed by atoms with Crippen LogP contribution < -0.4 is 10.1 Å². The number of rotatable bonds is 7. The molecule has 0 atom stereocenters. The van der Waals surface area contributed by atoms with Crippen LogP contribution in [0.1, 0.15) is 16.6 Å². The van der Waals surface area contributed by atoms with Gasteiger partial charge in [0.05, 0.1) is 21.6 Å². The Labute approximate surface area is 164 Å². The first-order valence-electron chi connectivity index (χ1n) is 8.18. The van der Waals surface area contributed by atoms with Gasteiger partial charge in [-0.25, -0.2) is 4.98 Å². The summed E-state index contributed by atoms with van der Waals surface area (Å²) in [5, 5.41) is 13.6. The number of amides is 1. The van der Waals surface area contributed by atoms with Crippen LogP contribution in [0.4, 0.5) is 10.8 Å². The smallest absolute Gasteiger partial charge is 0.273 e. The second-order valence-corrected chi connectivity index (χ2v) is 6.71. The normalized spacial score (nSPS) is 10.3. The van der Waals surface area contributed by atoms with Gasteiger partial charge in [0, 0.05) is 18.6 Å². The molecule has 0 saturated carbocycles. The first-order chi connectivity index (χ1) is 13.4. The lowest BCUT2D eigenvalue weighted by Gasteiger charge is -2.05. The molecule has 1 N–H and O–H groups in total. The minimum absolute atomic E-state index is 0.128. The highest BCUT2D eigenvalue weighted by Crippen LogP contribution is 2.31. The van der Waals surface area contributed by atoms with Crippen LogP contribution in [-0.2, 0) is 4.79 Å². The molecule has 142 valence electrons. The van der Waals surface area contributed by atoms with E-state index in [1.807, 2.05) is 30.3 Å². The van der Waals surface area contributed by atoms with E-state index in [2.05, 4.69) is 10.3 Å². The SMILES string of the molecule is CC(=O)c1sc(NC(=O)COc2cccc([N+](=O)[O-])c2)nc1-c1ccccc1. The van der Waals surface area contributed by atoms with E-state index >= 15 is 0 Å². The van der Waals surface area contributed by atoms with E-state index in [9.17, 15) is 19.7 Å². The number of thiazole rings is 1. The van der Waals surface area contributed by atoms with Crippen LogP contribution in [0.5, 0.6) is 5.75 Å². The summed E-state index contributed by atoms with van der Waals surface area (Å²) < 4.78 is 5.29. The van der Waals surface area contributed by atoms with Crippen molar-refractivity contribution in [3.8, 4) is 17.0 Å². The van der Waals surface area contributed by atoms with Gasteiger partial charge < -0.3 is 4.74 Å². The minimum Gasteiger partial charge on any atom is -0.484 e. The summed E-state index contributed by atoms with van der Waals surface area (Å²) in [6.07, 6.45) is 0. The lowest BCUT2D eigenvalue weighted by Crippen LogP contribution is -2.20. The molecule has 3 aromatic rings. The number of nitro groups is 1. The van der Waals surface area contributed by atoms with Crippen LogP contribution >= 0.6 is 11.3 Å². The van der Waals surface area contributed by atoms with Crippen LogP contribution in [0.2, 0.25) is 0 Å². The van der Waals surface area contributed by atoms with Crippen molar-refractivity contribution in [3.05, 3.63) is 69.6 Å². The van der Waals surface area contributed by atoms with Crippen LogP contribution in [0.3, 0.4) is 0 Å². The van der Waals surface area contributed by atoms with Crippen LogP contribution in [0, 0.1) is 10.1 Å². The maximum Gasteiger partial charge on any atom is 0.273 e. The van der Waals surface area contributed by atoms with E-state index in [-0.39, 0.29) is 29.0 Å². The second-order valence-electron chi connectivity index (χ2n) is 5.71. The molecule has 28 heavy (non-hydrogen) atoms. The molecule has 0 fully saturated rings. The molecule has 9 heteroatoms. The molecule has 8 nitrogen and oxygen atoms in total. The molecule has 0 unspecified atom stereocenters. The summed E-state index contributed by atoms with van der Waals surface area (Å²) in [7, 11) is 0. The molecule has 2 aromatic carbocycles. The van der Waals surface area contributed by atoms with Crippen LogP contribution in [0.15, 0.2) is 54.6 Å². The highest BCUT2D eigenvalue weighted by atomic mass is 32.1. The van der Waals surface area contributed by atoms with Crippen molar-refractivity contribution < 1.29 is 19.2 Å². The van der Waals surface area contributed by atoms with E-state index in [1.54, 1.807) is 0 Å². The Morgan fingerprint density at radius 2 is 1.93 bits per heavy atom. The molecule has 1 amide bonds. The summed E-state index contributed by atoms with van der Waals surface area (Å²) >= 11 is 1.08. The second kappa shape index (κ2) is 8.40. The Bertz CT molecular complexity index is 1030. The largest absolute Gasteiger partial charge is 0.484 e. The number of benzene rings is 2. The molecule has 0 aliphatic rings. The molecule has 0 spiro atoms. The van der Waals surface area contributed by atoms with Crippen molar-refractivity contribution in [2.75, 3.05) is 11.9 Å². The Hall–Kier alpha value is -3.59. The number of carbonyl (C=O) groups is 2. The standard InChI is InChI=1S/C19H15N3O5S/c1-12(23)18-17(13-6-3-2-4-7-13)21-19(28-18)20-16(24)11-27-15-9-5-8-14(10-15)22(25)26/h2-10H,11H2,1H3,(H,20,21,24). The van der Waals surface area contributed by atoms with Crippen molar-refractivity contribution in [1.29, 1.82) is 0 Å². The number of ether oxygens (including phenoxy) is 1. The molecule has 3 rings (SSSR count). The molecule has 1 aromatic heterocycles. The van der Waals surface area contributed by atoms with Crippen LogP contribution in [0.25, 0.3) is 11.3 Å². The van der Waals surface area contributed by atoms with E-state index < -0.39 is 10.8 Å². The maximum absolute atomic E-state index is 12.1. The number of hydrogen-bond donors (Lipinski definition) is 1. The van der Waals surface area contributed by atoms with Gasteiger partial charge >= 0.3 is 0 Å². The molecule has 0 aliphatic carbocycles. The van der Waals surface area contributed by atoms with Crippen molar-refractivity contribution in [3.63, 3.8) is 0 Å². The average molecular weight is 397 g/mol. The maximum atomic E-state index is 12.1. The molecule has 0 bridgehead atoms. The summed E-state index contributed by atoms with van der Waals surface area (Å²) in [6, 6.07) is 14.7. The molecule has 0 saturated heterocycles. The van der Waals surface area contributed by atoms with Gasteiger partial charge in [-0.1, -0.05) is 47.7 Å². The fourth-order valence-corrected chi connectivity index (χ4v) is 3.29. The molecular weight excluding hydrogens is 382 g/mol. The fourth-order valence-electron chi connectivity index (χ4n) is 2.39. The zero-order chi connectivity index (χ0) is 20.1. The van der Waals surface area contributed by atoms with Gasteiger partial charge in [-0.15, -0.1) is 0 Å². The van der Waals surface area contributed by atoms with E-state index in [0.29, 0.717) is 10.6 Å². The van der Waals surface area contributed by atoms with Gasteiger partial charge in [0.15, 0.2) is 17.5 Å². The summed E-state index contributed by atoms with van der Waals surface area (Å²) in [5.74, 6) is -0.433. The number of Topliss-reactive ketones (excluding diaryl/α,β-unsaturated/α-hetero) is 1. The topological polar surface area (TPSA) is 111 Å². The molecule has 1 heterocycles. The van der Waals surface area contributed by atoms with Gasteiger partial charge in [-0.3, -0.25) is 25.0 Å². The highest BCUT2D eigenvalue weighted by molar-refractivity contribution is 7.18. The molecule has 0 aliphatic heterocycles. The number of nitrogens with one attached hydrogen (secondary N) is 1. The lowest BCUT2D eigenvalue weighted by atomic mass is 10.1. The zero-order valence-electron chi connectivity index (χ0n) is 14.7. The summed E-state index contributed by atoms with van der Waals surface area (Å²) in [5.41, 5.74) is 1.15. The summed E-state index contributed by atoms with van der Waals surface area (Å²) in [6.45, 7) is 1.09.